The predicted octanol–water partition coefficient (Wildman–Crippen LogP) is 2.67. The Morgan fingerprint density at radius 1 is 1.37 bits per heavy atom. The van der Waals surface area contributed by atoms with Gasteiger partial charge >= 0.3 is 6.09 Å². The number of nitrogens with zero attached hydrogens (tertiary/aromatic N) is 1. The van der Waals surface area contributed by atoms with E-state index in [0.717, 1.165) is 11.1 Å². The zero-order valence-corrected chi connectivity index (χ0v) is 11.6. The van der Waals surface area contributed by atoms with Gasteiger partial charge in [0.1, 0.15) is 0 Å². The molecule has 0 saturated heterocycles. The Kier molecular flexibility index (Phi) is 3.54. The summed E-state index contributed by atoms with van der Waals surface area (Å²) in [5.41, 5.74) is 1.98. The average Bonchev–Trinajstić information content (AvgIpc) is 2.34. The molecular weight excluding hydrogens is 242 g/mol. The van der Waals surface area contributed by atoms with Crippen LogP contribution in [0.15, 0.2) is 24.3 Å². The van der Waals surface area contributed by atoms with E-state index in [2.05, 4.69) is 0 Å². The Hall–Kier alpha value is -1.55. The average molecular weight is 263 g/mol. The minimum Gasteiger partial charge on any atom is -0.465 e. The van der Waals surface area contributed by atoms with Crippen molar-refractivity contribution in [3.05, 3.63) is 35.4 Å². The van der Waals surface area contributed by atoms with Gasteiger partial charge in [-0.05, 0) is 23.0 Å². The Morgan fingerprint density at radius 3 is 2.53 bits per heavy atom. The van der Waals surface area contributed by atoms with Crippen LogP contribution < -0.4 is 0 Å². The van der Waals surface area contributed by atoms with Gasteiger partial charge in [0.2, 0.25) is 0 Å². The molecule has 4 heteroatoms. The van der Waals surface area contributed by atoms with Crippen molar-refractivity contribution < 1.29 is 15.0 Å². The molecule has 0 fully saturated rings. The van der Waals surface area contributed by atoms with E-state index in [0.29, 0.717) is 6.42 Å². The molecule has 0 radical (unpaired) electrons. The van der Waals surface area contributed by atoms with Gasteiger partial charge in [-0.2, -0.15) is 0 Å². The van der Waals surface area contributed by atoms with Crippen LogP contribution in [0, 0.1) is 5.41 Å². The smallest absolute Gasteiger partial charge is 0.408 e. The molecular formula is C15H21NO3. The van der Waals surface area contributed by atoms with Gasteiger partial charge in [-0.15, -0.1) is 0 Å². The molecule has 104 valence electrons. The van der Waals surface area contributed by atoms with Gasteiger partial charge in [0.05, 0.1) is 18.7 Å². The van der Waals surface area contributed by atoms with E-state index in [1.54, 1.807) is 0 Å². The Morgan fingerprint density at radius 2 is 2.00 bits per heavy atom. The number of fused-ring (bicyclic) bond motifs is 1. The lowest BCUT2D eigenvalue weighted by Crippen LogP contribution is -2.52. The zero-order chi connectivity index (χ0) is 14.2. The van der Waals surface area contributed by atoms with Crippen LogP contribution in [0.1, 0.15) is 37.9 Å². The van der Waals surface area contributed by atoms with Crippen LogP contribution in [0.2, 0.25) is 0 Å². The van der Waals surface area contributed by atoms with E-state index >= 15 is 0 Å². The lowest BCUT2D eigenvalue weighted by molar-refractivity contribution is 0.0248. The summed E-state index contributed by atoms with van der Waals surface area (Å²) in [6.07, 6.45) is -0.389. The highest BCUT2D eigenvalue weighted by Crippen LogP contribution is 2.44. The molecule has 0 saturated carbocycles. The normalized spacial score (nSPS) is 23.1. The monoisotopic (exact) mass is 263 g/mol. The maximum atomic E-state index is 11.6. The summed E-state index contributed by atoms with van der Waals surface area (Å²) in [5, 5.41) is 19.0. The summed E-state index contributed by atoms with van der Waals surface area (Å²) >= 11 is 0. The second kappa shape index (κ2) is 4.85. The number of carboxylic acid groups (broad SMARTS) is 1. The molecule has 1 amide bonds. The van der Waals surface area contributed by atoms with Crippen molar-refractivity contribution in [2.75, 3.05) is 6.61 Å². The minimum absolute atomic E-state index is 0.146. The van der Waals surface area contributed by atoms with Crippen molar-refractivity contribution in [2.24, 2.45) is 5.41 Å². The first-order chi connectivity index (χ1) is 8.86. The number of aliphatic hydroxyl groups excluding tert-OH is 1. The summed E-state index contributed by atoms with van der Waals surface area (Å²) in [6.45, 7) is 5.95. The molecule has 1 aromatic rings. The number of aliphatic hydroxyl groups is 1. The van der Waals surface area contributed by atoms with Gasteiger partial charge < -0.3 is 10.2 Å². The molecule has 1 aromatic carbocycles. The molecule has 2 rings (SSSR count). The molecule has 4 nitrogen and oxygen atoms in total. The zero-order valence-electron chi connectivity index (χ0n) is 11.6. The fourth-order valence-electron chi connectivity index (χ4n) is 3.00. The van der Waals surface area contributed by atoms with Gasteiger partial charge in [-0.3, -0.25) is 4.90 Å². The van der Waals surface area contributed by atoms with Crippen LogP contribution in [0.5, 0.6) is 0 Å². The number of hydrogen-bond donors (Lipinski definition) is 2. The fraction of sp³-hybridized carbons (Fsp3) is 0.533. The first-order valence-electron chi connectivity index (χ1n) is 6.56. The largest absolute Gasteiger partial charge is 0.465 e. The summed E-state index contributed by atoms with van der Waals surface area (Å²) < 4.78 is 0. The predicted molar refractivity (Wildman–Crippen MR) is 73.1 cm³/mol. The number of amides is 1. The van der Waals surface area contributed by atoms with Crippen molar-refractivity contribution in [1.82, 2.24) is 4.90 Å². The van der Waals surface area contributed by atoms with Crippen LogP contribution in [0.4, 0.5) is 4.79 Å². The topological polar surface area (TPSA) is 60.8 Å². The van der Waals surface area contributed by atoms with Gasteiger partial charge in [0.25, 0.3) is 0 Å². The summed E-state index contributed by atoms with van der Waals surface area (Å²) in [4.78, 5) is 13.0. The van der Waals surface area contributed by atoms with Gasteiger partial charge in [0.15, 0.2) is 0 Å². The summed E-state index contributed by atoms with van der Waals surface area (Å²) in [7, 11) is 0. The van der Waals surface area contributed by atoms with Crippen LogP contribution in [-0.4, -0.2) is 33.9 Å². The number of hydrogen-bond acceptors (Lipinski definition) is 2. The van der Waals surface area contributed by atoms with E-state index in [9.17, 15) is 15.0 Å². The summed E-state index contributed by atoms with van der Waals surface area (Å²) in [6, 6.07) is 7.33. The summed E-state index contributed by atoms with van der Waals surface area (Å²) in [5.74, 6) is 0. The molecule has 0 spiro atoms. The van der Waals surface area contributed by atoms with Crippen molar-refractivity contribution >= 4 is 6.09 Å². The van der Waals surface area contributed by atoms with E-state index in [1.807, 2.05) is 45.0 Å². The van der Waals surface area contributed by atoms with E-state index < -0.39 is 6.09 Å². The van der Waals surface area contributed by atoms with E-state index in [1.165, 1.54) is 4.90 Å². The number of benzene rings is 1. The van der Waals surface area contributed by atoms with Crippen LogP contribution in [0.25, 0.3) is 0 Å². The standard InChI is InChI=1S/C15H21NO3/c1-15(2,3)13-12-7-5-4-6-10(12)8-11(9-17)16(13)14(18)19/h4-7,11,13,17H,8-9H2,1-3H3,(H,18,19)/t11?,13-/m0/s1. The highest BCUT2D eigenvalue weighted by molar-refractivity contribution is 5.67. The Bertz CT molecular complexity index is 479. The highest BCUT2D eigenvalue weighted by Gasteiger charge is 2.42. The molecule has 0 bridgehead atoms. The first kappa shape index (κ1) is 13.9. The third-order valence-electron chi connectivity index (χ3n) is 3.73. The third kappa shape index (κ3) is 2.45. The SMILES string of the molecule is CC(C)(C)[C@@H]1c2ccccc2CC(CO)N1C(=O)O. The van der Waals surface area contributed by atoms with Crippen LogP contribution >= 0.6 is 0 Å². The van der Waals surface area contributed by atoms with Gasteiger partial charge in [-0.1, -0.05) is 45.0 Å². The number of carbonyl (C=O) groups is 1. The third-order valence-corrected chi connectivity index (χ3v) is 3.73. The highest BCUT2D eigenvalue weighted by atomic mass is 16.4. The van der Waals surface area contributed by atoms with E-state index in [-0.39, 0.29) is 24.1 Å². The van der Waals surface area contributed by atoms with Crippen molar-refractivity contribution in [3.8, 4) is 0 Å². The maximum Gasteiger partial charge on any atom is 0.408 e. The molecule has 0 aromatic heterocycles. The fourth-order valence-corrected chi connectivity index (χ4v) is 3.00. The lowest BCUT2D eigenvalue weighted by Gasteiger charge is -2.46. The molecule has 19 heavy (non-hydrogen) atoms. The molecule has 1 heterocycles. The van der Waals surface area contributed by atoms with Crippen molar-refractivity contribution in [3.63, 3.8) is 0 Å². The lowest BCUT2D eigenvalue weighted by atomic mass is 9.75. The molecule has 1 unspecified atom stereocenters. The van der Waals surface area contributed by atoms with Gasteiger partial charge in [0, 0.05) is 0 Å². The van der Waals surface area contributed by atoms with Gasteiger partial charge in [-0.25, -0.2) is 4.79 Å². The molecule has 1 aliphatic rings. The van der Waals surface area contributed by atoms with E-state index in [4.69, 9.17) is 0 Å². The second-order valence-electron chi connectivity index (χ2n) is 6.20. The Labute approximate surface area is 113 Å². The van der Waals surface area contributed by atoms with Crippen LogP contribution in [0.3, 0.4) is 0 Å². The quantitative estimate of drug-likeness (QED) is 0.819. The molecule has 2 atom stereocenters. The number of rotatable bonds is 1. The second-order valence-corrected chi connectivity index (χ2v) is 6.20. The minimum atomic E-state index is -0.964. The van der Waals surface area contributed by atoms with Crippen molar-refractivity contribution in [1.29, 1.82) is 0 Å². The molecule has 0 aliphatic carbocycles. The Balaban J connectivity index is 2.57. The molecule has 2 N–H and O–H groups in total. The van der Waals surface area contributed by atoms with Crippen molar-refractivity contribution in [2.45, 2.75) is 39.3 Å². The first-order valence-corrected chi connectivity index (χ1v) is 6.56. The van der Waals surface area contributed by atoms with Crippen LogP contribution in [-0.2, 0) is 6.42 Å². The molecule has 1 aliphatic heterocycles. The maximum absolute atomic E-state index is 11.6.